The highest BCUT2D eigenvalue weighted by Gasteiger charge is 2.02. The number of aromatic nitrogens is 2. The molecule has 0 aliphatic carbocycles. The molecule has 2 rings (SSSR count). The Morgan fingerprint density at radius 3 is 2.61 bits per heavy atom. The van der Waals surface area contributed by atoms with Gasteiger partial charge in [0.2, 0.25) is 0 Å². The van der Waals surface area contributed by atoms with Crippen molar-refractivity contribution in [2.45, 2.75) is 26.8 Å². The van der Waals surface area contributed by atoms with Crippen LogP contribution in [0.2, 0.25) is 0 Å². The van der Waals surface area contributed by atoms with E-state index in [4.69, 9.17) is 9.90 Å². The second-order valence-electron chi connectivity index (χ2n) is 3.62. The van der Waals surface area contributed by atoms with Crippen LogP contribution >= 0.6 is 0 Å². The van der Waals surface area contributed by atoms with Crippen molar-refractivity contribution in [3.05, 3.63) is 40.3 Å². The summed E-state index contributed by atoms with van der Waals surface area (Å²) in [5.74, 6) is 0. The fourth-order valence-electron chi connectivity index (χ4n) is 1.73. The van der Waals surface area contributed by atoms with Crippen molar-refractivity contribution in [1.82, 2.24) is 9.55 Å². The summed E-state index contributed by atoms with van der Waals surface area (Å²) in [6, 6.07) is 5.40. The Morgan fingerprint density at radius 1 is 1.39 bits per heavy atom. The van der Waals surface area contributed by atoms with Crippen LogP contribution in [0.3, 0.4) is 0 Å². The Hall–Kier alpha value is -2.17. The Bertz CT molecular complexity index is 590. The molecule has 1 N–H and O–H groups in total. The van der Waals surface area contributed by atoms with E-state index in [2.05, 4.69) is 11.9 Å². The van der Waals surface area contributed by atoms with E-state index >= 15 is 0 Å². The molecule has 18 heavy (non-hydrogen) atoms. The monoisotopic (exact) mass is 248 g/mol. The van der Waals surface area contributed by atoms with Crippen molar-refractivity contribution < 1.29 is 9.90 Å². The largest absolute Gasteiger partial charge is 0.483 e. The molecule has 0 aliphatic heterocycles. The summed E-state index contributed by atoms with van der Waals surface area (Å²) >= 11 is 0. The lowest BCUT2D eigenvalue weighted by molar-refractivity contribution is -0.122. The number of rotatable bonds is 2. The highest BCUT2D eigenvalue weighted by molar-refractivity contribution is 5.74. The number of aryl methyl sites for hydroxylation is 2. The maximum absolute atomic E-state index is 11.6. The Labute approximate surface area is 105 Å². The van der Waals surface area contributed by atoms with Gasteiger partial charge in [0, 0.05) is 18.8 Å². The van der Waals surface area contributed by atoms with Gasteiger partial charge in [0.25, 0.3) is 12.0 Å². The molecule has 5 heteroatoms. The number of fused-ring (bicyclic) bond motifs is 1. The van der Waals surface area contributed by atoms with Gasteiger partial charge in [0.1, 0.15) is 0 Å². The van der Waals surface area contributed by atoms with E-state index in [0.29, 0.717) is 6.54 Å². The van der Waals surface area contributed by atoms with Crippen molar-refractivity contribution in [3.8, 4) is 0 Å². The predicted molar refractivity (Wildman–Crippen MR) is 69.7 cm³/mol. The van der Waals surface area contributed by atoms with E-state index in [9.17, 15) is 4.79 Å². The molecule has 0 radical (unpaired) electrons. The van der Waals surface area contributed by atoms with Crippen LogP contribution in [0.4, 0.5) is 0 Å². The van der Waals surface area contributed by atoms with Crippen LogP contribution in [0.15, 0.2) is 29.2 Å². The average molecular weight is 248 g/mol. The third-order valence-electron chi connectivity index (χ3n) is 2.62. The minimum absolute atomic E-state index is 0.0417. The van der Waals surface area contributed by atoms with Gasteiger partial charge in [-0.15, -0.1) is 0 Å². The fourth-order valence-corrected chi connectivity index (χ4v) is 1.73. The van der Waals surface area contributed by atoms with Gasteiger partial charge in [-0.25, -0.2) is 0 Å². The molecule has 0 aromatic carbocycles. The lowest BCUT2D eigenvalue weighted by Gasteiger charge is -2.07. The quantitative estimate of drug-likeness (QED) is 0.821. The fraction of sp³-hybridized carbons (Fsp3) is 0.308. The number of carbonyl (C=O) groups is 1. The molecule has 0 fully saturated rings. The van der Waals surface area contributed by atoms with E-state index in [1.807, 2.05) is 19.2 Å². The molecule has 96 valence electrons. The molecule has 0 aliphatic rings. The van der Waals surface area contributed by atoms with Crippen LogP contribution in [-0.4, -0.2) is 21.1 Å². The predicted octanol–water partition coefficient (Wildman–Crippen LogP) is 1.68. The van der Waals surface area contributed by atoms with Gasteiger partial charge in [0.05, 0.1) is 11.0 Å². The Kier molecular flexibility index (Phi) is 5.05. The van der Waals surface area contributed by atoms with Crippen molar-refractivity contribution in [2.75, 3.05) is 0 Å². The summed E-state index contributed by atoms with van der Waals surface area (Å²) < 4.78 is 1.75. The van der Waals surface area contributed by atoms with Crippen LogP contribution in [0.1, 0.15) is 19.4 Å². The minimum Gasteiger partial charge on any atom is -0.483 e. The molecule has 2 aromatic rings. The highest BCUT2D eigenvalue weighted by atomic mass is 16.3. The highest BCUT2D eigenvalue weighted by Crippen LogP contribution is 2.11. The van der Waals surface area contributed by atoms with Gasteiger partial charge in [-0.05, 0) is 31.0 Å². The summed E-state index contributed by atoms with van der Waals surface area (Å²) in [5.41, 5.74) is 3.02. The van der Waals surface area contributed by atoms with Gasteiger partial charge in [0.15, 0.2) is 0 Å². The van der Waals surface area contributed by atoms with Gasteiger partial charge < -0.3 is 9.67 Å². The van der Waals surface area contributed by atoms with Gasteiger partial charge in [-0.3, -0.25) is 14.6 Å². The SMILES string of the molecule is CCc1cnc2ccc(=O)n(CC)c2c1.O=CO. The van der Waals surface area contributed by atoms with Crippen LogP contribution in [0.5, 0.6) is 0 Å². The molecular formula is C13H16N2O3. The topological polar surface area (TPSA) is 72.2 Å². The lowest BCUT2D eigenvalue weighted by atomic mass is 10.2. The molecule has 0 saturated heterocycles. The summed E-state index contributed by atoms with van der Waals surface area (Å²) in [6.07, 6.45) is 2.81. The lowest BCUT2D eigenvalue weighted by Crippen LogP contribution is -2.18. The molecule has 2 heterocycles. The first-order valence-electron chi connectivity index (χ1n) is 5.74. The number of pyridine rings is 2. The Balaban J connectivity index is 0.000000492. The zero-order valence-electron chi connectivity index (χ0n) is 10.5. The molecule has 2 aromatic heterocycles. The van der Waals surface area contributed by atoms with E-state index in [-0.39, 0.29) is 12.0 Å². The first-order valence-corrected chi connectivity index (χ1v) is 5.74. The molecule has 0 amide bonds. The third kappa shape index (κ3) is 2.94. The molecule has 0 unspecified atom stereocenters. The summed E-state index contributed by atoms with van der Waals surface area (Å²) in [5, 5.41) is 6.89. The first-order chi connectivity index (χ1) is 8.67. The van der Waals surface area contributed by atoms with Crippen molar-refractivity contribution in [1.29, 1.82) is 0 Å². The first kappa shape index (κ1) is 13.9. The smallest absolute Gasteiger partial charge is 0.290 e. The van der Waals surface area contributed by atoms with E-state index in [1.165, 1.54) is 0 Å². The van der Waals surface area contributed by atoms with Crippen LogP contribution in [0.25, 0.3) is 11.0 Å². The molecule has 0 saturated carbocycles. The molecule has 0 bridgehead atoms. The van der Waals surface area contributed by atoms with Crippen molar-refractivity contribution in [2.24, 2.45) is 0 Å². The van der Waals surface area contributed by atoms with Crippen molar-refractivity contribution in [3.63, 3.8) is 0 Å². The van der Waals surface area contributed by atoms with Gasteiger partial charge in [-0.2, -0.15) is 0 Å². The Morgan fingerprint density at radius 2 is 2.06 bits per heavy atom. The van der Waals surface area contributed by atoms with E-state index in [1.54, 1.807) is 16.7 Å². The third-order valence-corrected chi connectivity index (χ3v) is 2.62. The number of nitrogens with zero attached hydrogens (tertiary/aromatic N) is 2. The van der Waals surface area contributed by atoms with Gasteiger partial charge >= 0.3 is 0 Å². The maximum Gasteiger partial charge on any atom is 0.290 e. The second kappa shape index (κ2) is 6.54. The second-order valence-corrected chi connectivity index (χ2v) is 3.62. The number of hydrogen-bond acceptors (Lipinski definition) is 3. The number of hydrogen-bond donors (Lipinski definition) is 1. The molecule has 0 spiro atoms. The zero-order valence-corrected chi connectivity index (χ0v) is 10.5. The van der Waals surface area contributed by atoms with Crippen LogP contribution < -0.4 is 5.56 Å². The normalized spacial score (nSPS) is 9.67. The van der Waals surface area contributed by atoms with Crippen LogP contribution in [-0.2, 0) is 17.8 Å². The molecule has 5 nitrogen and oxygen atoms in total. The summed E-state index contributed by atoms with van der Waals surface area (Å²) in [6.45, 7) is 4.49. The van der Waals surface area contributed by atoms with E-state index < -0.39 is 0 Å². The standard InChI is InChI=1S/C12H14N2O.CH2O2/c1-3-9-7-11-10(13-8-9)5-6-12(15)14(11)4-2;2-1-3/h5-8H,3-4H2,1-2H3;1H,(H,2,3). The van der Waals surface area contributed by atoms with E-state index in [0.717, 1.165) is 23.0 Å². The minimum atomic E-state index is -0.250. The number of carboxylic acid groups (broad SMARTS) is 1. The molecule has 0 atom stereocenters. The molecular weight excluding hydrogens is 232 g/mol. The summed E-state index contributed by atoms with van der Waals surface area (Å²) in [4.78, 5) is 24.3. The average Bonchev–Trinajstić information content (AvgIpc) is 2.39. The van der Waals surface area contributed by atoms with Crippen molar-refractivity contribution >= 4 is 17.5 Å². The van der Waals surface area contributed by atoms with Gasteiger partial charge in [-0.1, -0.05) is 6.92 Å². The zero-order chi connectivity index (χ0) is 13.5. The summed E-state index contributed by atoms with van der Waals surface area (Å²) in [7, 11) is 0. The maximum atomic E-state index is 11.6. The van der Waals surface area contributed by atoms with Crippen LogP contribution in [0, 0.1) is 0 Å².